The normalized spacial score (nSPS) is 19.0. The Bertz CT molecular complexity index is 1570. The Hall–Kier alpha value is -4.47. The van der Waals surface area contributed by atoms with Crippen LogP contribution in [0, 0.1) is 10.1 Å². The van der Waals surface area contributed by atoms with Gasteiger partial charge in [-0.05, 0) is 37.1 Å². The SMILES string of the molecule is CNc1ccc([N+](=O)[O-])cc1-n1cnc(-c2ccc(C(F)(F)F)cc2OCCOC(=O)CCCC[C@@H]2SC[C@@H]3NC(=O)N[C@@H]32)c1. The number of nitro groups is 1. The van der Waals surface area contributed by atoms with Crippen molar-refractivity contribution >= 4 is 35.1 Å². The van der Waals surface area contributed by atoms with Crippen LogP contribution in [0.5, 0.6) is 5.75 Å². The van der Waals surface area contributed by atoms with Crippen molar-refractivity contribution in [2.45, 2.75) is 49.2 Å². The molecule has 2 saturated heterocycles. The average Bonchev–Trinajstić information content (AvgIpc) is 3.73. The van der Waals surface area contributed by atoms with E-state index in [2.05, 4.69) is 20.9 Å². The Balaban J connectivity index is 1.18. The number of nitro benzene ring substituents is 1. The summed E-state index contributed by atoms with van der Waals surface area (Å²) < 4.78 is 52.9. The molecule has 0 spiro atoms. The fourth-order valence-electron chi connectivity index (χ4n) is 5.32. The minimum atomic E-state index is -4.62. The number of benzene rings is 2. The second kappa shape index (κ2) is 13.7. The number of anilines is 1. The lowest BCUT2D eigenvalue weighted by molar-refractivity contribution is -0.384. The van der Waals surface area contributed by atoms with Gasteiger partial charge in [-0.1, -0.05) is 6.42 Å². The van der Waals surface area contributed by atoms with Crippen LogP contribution in [0.15, 0.2) is 48.9 Å². The first-order valence-electron chi connectivity index (χ1n) is 14.2. The number of hydrogen-bond donors (Lipinski definition) is 3. The Labute approximate surface area is 260 Å². The molecule has 0 unspecified atom stereocenters. The molecule has 2 amide bonds. The zero-order valence-corrected chi connectivity index (χ0v) is 25.0. The summed E-state index contributed by atoms with van der Waals surface area (Å²) in [5, 5.41) is 20.4. The van der Waals surface area contributed by atoms with E-state index >= 15 is 0 Å². The summed E-state index contributed by atoms with van der Waals surface area (Å²) in [5.41, 5.74) is 0.443. The van der Waals surface area contributed by atoms with E-state index in [4.69, 9.17) is 9.47 Å². The number of fused-ring (bicyclic) bond motifs is 1. The summed E-state index contributed by atoms with van der Waals surface area (Å²) in [6.45, 7) is -0.355. The predicted molar refractivity (Wildman–Crippen MR) is 161 cm³/mol. The monoisotopic (exact) mass is 648 g/mol. The van der Waals surface area contributed by atoms with Gasteiger partial charge >= 0.3 is 18.2 Å². The number of halogens is 3. The van der Waals surface area contributed by atoms with Gasteiger partial charge in [0.2, 0.25) is 0 Å². The number of thioether (sulfide) groups is 1. The summed E-state index contributed by atoms with van der Waals surface area (Å²) in [4.78, 5) is 38.8. The number of nitrogens with zero attached hydrogens (tertiary/aromatic N) is 3. The third-order valence-electron chi connectivity index (χ3n) is 7.57. The number of urea groups is 1. The number of ether oxygens (including phenoxy) is 2. The molecule has 2 aromatic carbocycles. The molecular weight excluding hydrogens is 617 g/mol. The Morgan fingerprint density at radius 2 is 2.02 bits per heavy atom. The predicted octanol–water partition coefficient (Wildman–Crippen LogP) is 5.16. The molecule has 16 heteroatoms. The summed E-state index contributed by atoms with van der Waals surface area (Å²) in [5.74, 6) is 0.312. The maximum absolute atomic E-state index is 13.5. The number of alkyl halides is 3. The molecule has 240 valence electrons. The second-order valence-electron chi connectivity index (χ2n) is 10.5. The summed E-state index contributed by atoms with van der Waals surface area (Å²) >= 11 is 1.80. The molecule has 0 aliphatic carbocycles. The fraction of sp³-hybridized carbons (Fsp3) is 0.414. The lowest BCUT2D eigenvalue weighted by Gasteiger charge is -2.16. The molecule has 0 saturated carbocycles. The number of carbonyl (C=O) groups is 2. The largest absolute Gasteiger partial charge is 0.489 e. The Morgan fingerprint density at radius 1 is 1.20 bits per heavy atom. The van der Waals surface area contributed by atoms with Crippen molar-refractivity contribution in [1.29, 1.82) is 0 Å². The van der Waals surface area contributed by atoms with Gasteiger partial charge in [-0.2, -0.15) is 24.9 Å². The first-order chi connectivity index (χ1) is 21.5. The lowest BCUT2D eigenvalue weighted by atomic mass is 10.0. The van der Waals surface area contributed by atoms with Gasteiger partial charge in [0, 0.05) is 48.4 Å². The van der Waals surface area contributed by atoms with Crippen molar-refractivity contribution in [2.75, 3.05) is 31.3 Å². The number of unbranched alkanes of at least 4 members (excludes halogenated alkanes) is 1. The molecule has 5 rings (SSSR count). The van der Waals surface area contributed by atoms with Gasteiger partial charge in [0.05, 0.1) is 46.0 Å². The van der Waals surface area contributed by atoms with Crippen LogP contribution in [0.25, 0.3) is 16.9 Å². The molecule has 3 atom stereocenters. The number of non-ortho nitro benzene ring substituents is 1. The van der Waals surface area contributed by atoms with Crippen LogP contribution in [0.3, 0.4) is 0 Å². The van der Waals surface area contributed by atoms with Crippen LogP contribution in [-0.2, 0) is 15.7 Å². The molecule has 2 aliphatic rings. The number of imidazole rings is 1. The molecule has 3 N–H and O–H groups in total. The summed E-state index contributed by atoms with van der Waals surface area (Å²) in [6.07, 6.45) is 0.735. The maximum atomic E-state index is 13.5. The minimum Gasteiger partial charge on any atom is -0.489 e. The number of aromatic nitrogens is 2. The van der Waals surface area contributed by atoms with E-state index in [-0.39, 0.29) is 60.4 Å². The molecule has 2 aliphatic heterocycles. The third kappa shape index (κ3) is 7.61. The summed E-state index contributed by atoms with van der Waals surface area (Å²) in [7, 11) is 1.65. The molecule has 0 bridgehead atoms. The Kier molecular flexibility index (Phi) is 9.70. The fourth-order valence-corrected chi connectivity index (χ4v) is 6.86. The van der Waals surface area contributed by atoms with Crippen molar-refractivity contribution in [1.82, 2.24) is 20.2 Å². The van der Waals surface area contributed by atoms with Gasteiger partial charge < -0.3 is 30.0 Å². The summed E-state index contributed by atoms with van der Waals surface area (Å²) in [6, 6.07) is 7.35. The van der Waals surface area contributed by atoms with Crippen molar-refractivity contribution in [3.05, 3.63) is 64.6 Å². The van der Waals surface area contributed by atoms with Crippen molar-refractivity contribution in [3.63, 3.8) is 0 Å². The van der Waals surface area contributed by atoms with Gasteiger partial charge in [-0.15, -0.1) is 0 Å². The molecule has 1 aromatic heterocycles. The van der Waals surface area contributed by atoms with E-state index in [1.807, 2.05) is 0 Å². The van der Waals surface area contributed by atoms with Gasteiger partial charge in [0.1, 0.15) is 19.0 Å². The van der Waals surface area contributed by atoms with E-state index in [1.165, 1.54) is 35.3 Å². The van der Waals surface area contributed by atoms with Gasteiger partial charge in [-0.3, -0.25) is 14.9 Å². The van der Waals surface area contributed by atoms with Crippen molar-refractivity contribution in [2.24, 2.45) is 0 Å². The van der Waals surface area contributed by atoms with E-state index < -0.39 is 22.6 Å². The highest BCUT2D eigenvalue weighted by atomic mass is 32.2. The number of nitrogens with one attached hydrogen (secondary N) is 3. The van der Waals surface area contributed by atoms with E-state index in [0.717, 1.165) is 30.7 Å². The zero-order chi connectivity index (χ0) is 32.1. The Morgan fingerprint density at radius 3 is 2.78 bits per heavy atom. The number of amides is 2. The van der Waals surface area contributed by atoms with Crippen LogP contribution in [0.4, 0.5) is 29.3 Å². The third-order valence-corrected chi connectivity index (χ3v) is 9.08. The standard InChI is InChI=1S/C29H31F3N6O6S/c1-33-20-9-7-18(38(41)42)13-23(20)37-14-21(34-16-37)19-8-6-17(29(30,31)32)12-24(19)43-10-11-44-26(39)5-3-2-4-25-27-22(15-45-25)35-28(40)36-27/h6-9,12-14,16,22,25,27,33H,2-5,10-11,15H2,1H3,(H2,35,36,40)/t22-,25-,27-/m0/s1. The van der Waals surface area contributed by atoms with Crippen LogP contribution in [-0.4, -0.2) is 69.8 Å². The highest BCUT2D eigenvalue weighted by Gasteiger charge is 2.42. The number of carbonyl (C=O) groups excluding carboxylic acids is 2. The number of rotatable bonds is 13. The van der Waals surface area contributed by atoms with E-state index in [1.54, 1.807) is 24.9 Å². The number of hydrogen-bond acceptors (Lipinski definition) is 9. The quantitative estimate of drug-likeness (QED) is 0.0752. The van der Waals surface area contributed by atoms with Crippen LogP contribution in [0.1, 0.15) is 31.2 Å². The van der Waals surface area contributed by atoms with Crippen LogP contribution >= 0.6 is 11.8 Å². The first kappa shape index (κ1) is 31.9. The number of esters is 1. The molecule has 2 fully saturated rings. The topological polar surface area (TPSA) is 150 Å². The zero-order valence-electron chi connectivity index (χ0n) is 24.1. The molecule has 0 radical (unpaired) electrons. The van der Waals surface area contributed by atoms with Crippen LogP contribution in [0.2, 0.25) is 0 Å². The minimum absolute atomic E-state index is 0.103. The van der Waals surface area contributed by atoms with E-state index in [0.29, 0.717) is 23.0 Å². The highest BCUT2D eigenvalue weighted by Crippen LogP contribution is 2.38. The van der Waals surface area contributed by atoms with Gasteiger partial charge in [0.15, 0.2) is 0 Å². The van der Waals surface area contributed by atoms with Crippen molar-refractivity contribution in [3.8, 4) is 22.7 Å². The smallest absolute Gasteiger partial charge is 0.416 e. The molecule has 12 nitrogen and oxygen atoms in total. The molecule has 3 heterocycles. The van der Waals surface area contributed by atoms with E-state index in [9.17, 15) is 32.9 Å². The maximum Gasteiger partial charge on any atom is 0.416 e. The molecular formula is C29H31F3N6O6S. The second-order valence-corrected chi connectivity index (χ2v) is 11.8. The molecule has 3 aromatic rings. The van der Waals surface area contributed by atoms with Gasteiger partial charge in [-0.25, -0.2) is 9.78 Å². The molecule has 45 heavy (non-hydrogen) atoms. The van der Waals surface area contributed by atoms with Gasteiger partial charge in [0.25, 0.3) is 5.69 Å². The van der Waals surface area contributed by atoms with Crippen molar-refractivity contribution < 1.29 is 37.2 Å². The average molecular weight is 649 g/mol. The lowest BCUT2D eigenvalue weighted by Crippen LogP contribution is -2.36. The highest BCUT2D eigenvalue weighted by molar-refractivity contribution is 8.00. The first-order valence-corrected chi connectivity index (χ1v) is 15.3. The van der Waals surface area contributed by atoms with Crippen LogP contribution < -0.4 is 20.7 Å².